The maximum Gasteiger partial charge on any atom is 0.0148 e. The van der Waals surface area contributed by atoms with Crippen LogP contribution in [0.1, 0.15) is 0 Å². The van der Waals surface area contributed by atoms with Crippen LogP contribution in [0.2, 0.25) is 0 Å². The Balaban J connectivity index is 6.19. The highest BCUT2D eigenvalue weighted by Crippen LogP contribution is 1.67. The highest BCUT2D eigenvalue weighted by molar-refractivity contribution is 7.78. The Labute approximate surface area is 609 Å². The predicted octanol–water partition coefficient (Wildman–Crippen LogP) is 16.7. The van der Waals surface area contributed by atoms with Crippen LogP contribution in [-0.4, -0.2) is 5.02 Å². The summed E-state index contributed by atoms with van der Waals surface area (Å²) in [5.74, 6) is 0. The van der Waals surface area contributed by atoms with Gasteiger partial charge in [0.1, 0.15) is 0 Å². The lowest BCUT2D eigenvalue weighted by Gasteiger charge is -1.41. The van der Waals surface area contributed by atoms with E-state index in [-0.39, 0.29) is 0 Å². The summed E-state index contributed by atoms with van der Waals surface area (Å²) in [6.07, 6.45) is 0. The largest absolute Gasteiger partial charge is 0.0687 e. The van der Waals surface area contributed by atoms with Crippen LogP contribution < -0.4 is 0 Å². The van der Waals surface area contributed by atoms with E-state index >= 15 is 0 Å². The second-order valence-electron chi connectivity index (χ2n) is 13.0. The zero-order valence-corrected chi connectivity index (χ0v) is 53.9. The lowest BCUT2D eigenvalue weighted by molar-refractivity contribution is 2.10. The molecule has 0 saturated heterocycles. The average molecular weight is 1300 g/mol. The summed E-state index contributed by atoms with van der Waals surface area (Å²) in [5, 5.41) is 2.21. The molecule has 0 aromatic heterocycles. The van der Waals surface area contributed by atoms with Crippen LogP contribution in [0.5, 0.6) is 0 Å². The van der Waals surface area contributed by atoms with E-state index < -0.39 is 0 Å². The molecule has 106 heavy (non-hydrogen) atoms. The van der Waals surface area contributed by atoms with Gasteiger partial charge in [0.2, 0.25) is 0 Å². The topological polar surface area (TPSA) is 0 Å². The summed E-state index contributed by atoms with van der Waals surface area (Å²) >= 11 is 4.41. The van der Waals surface area contributed by atoms with Crippen molar-refractivity contribution in [3.63, 3.8) is 0 Å². The summed E-state index contributed by atoms with van der Waals surface area (Å²) in [4.78, 5) is 0. The van der Waals surface area contributed by atoms with Crippen LogP contribution in [0.25, 0.3) is 0 Å². The maximum absolute atomic E-state index is 4.41. The molecule has 0 heterocycles. The van der Waals surface area contributed by atoms with E-state index in [2.05, 4.69) is 614 Å². The molecule has 0 saturated carbocycles. The van der Waals surface area contributed by atoms with E-state index in [4.69, 9.17) is 0 Å². The van der Waals surface area contributed by atoms with Crippen LogP contribution in [0, 0.1) is 0 Å². The second-order valence-corrected chi connectivity index (χ2v) is 13.2. The number of rotatable bonds is 0. The Hall–Kier alpha value is -22.8. The molecule has 0 unspecified atom stereocenters. The molecule has 0 bridgehead atoms. The number of thiocarbonyl (C=S) groups is 1. The zero-order valence-electron chi connectivity index (χ0n) is 53.1. The van der Waals surface area contributed by atoms with Gasteiger partial charge < -0.3 is 0 Å². The normalized spacial score (nSPS) is 3.96. The molecule has 0 atom stereocenters. The summed E-state index contributed by atoms with van der Waals surface area (Å²) in [7, 11) is 0. The van der Waals surface area contributed by atoms with Crippen molar-refractivity contribution in [1.82, 2.24) is 0 Å². The third kappa shape index (κ3) is 81.2. The minimum absolute atomic E-state index is 2.21. The SMILES string of the molecule is C=C=C=C=C=C=C=C=C=C=C=C=C=C=C=C=C=C=C=C=C=C=C=C=C=C=C=C=C=C=C=C=C=C=C=C=C=C=C=C=C=C=C=C=C=C=C=C=C=C=C=C=C=C=C=C=C=C=C=C=C=C=C=C=C=C=C=C=C=C=C=C=C=C=C=C=C=C=C=C=C=C=C=C=C=C=C=C=C=C=C=C=C=C=C=C=C=C=C=C=C=C=C=C=C=S. The van der Waals surface area contributed by atoms with Crippen molar-refractivity contribution in [1.29, 1.82) is 0 Å². The first kappa shape index (κ1) is 83.2. The molecular weight excluding hydrogens is 1290 g/mol. The van der Waals surface area contributed by atoms with Crippen LogP contribution in [0.4, 0.5) is 0 Å². The minimum atomic E-state index is 2.21. The van der Waals surface area contributed by atoms with Crippen LogP contribution in [0.3, 0.4) is 0 Å². The van der Waals surface area contributed by atoms with Crippen molar-refractivity contribution in [3.8, 4) is 0 Å². The van der Waals surface area contributed by atoms with E-state index in [1.807, 2.05) is 0 Å². The first-order valence-electron chi connectivity index (χ1n) is 26.3. The Bertz CT molecular complexity index is 8010. The molecule has 0 aliphatic rings. The average Bonchev–Trinajstić information content (AvgIpc) is 3.85. The molecule has 0 nitrogen and oxygen atoms in total. The van der Waals surface area contributed by atoms with E-state index in [1.165, 1.54) is 0 Å². The molecule has 0 spiro atoms. The fourth-order valence-electron chi connectivity index (χ4n) is 3.19. The zero-order chi connectivity index (χ0) is 75.5. The molecule has 0 N–H and O–H groups in total. The van der Waals surface area contributed by atoms with Crippen LogP contribution in [0.15, 0.2) is 597 Å². The fourth-order valence-corrected chi connectivity index (χ4v) is 3.25. The van der Waals surface area contributed by atoms with Gasteiger partial charge in [0.15, 0.2) is 0 Å². The van der Waals surface area contributed by atoms with Gasteiger partial charge in [-0.25, -0.2) is 0 Å². The molecule has 428 valence electrons. The Morgan fingerprint density at radius 2 is 0.123 bits per heavy atom. The summed E-state index contributed by atoms with van der Waals surface area (Å²) in [6.45, 7) is 3.32. The van der Waals surface area contributed by atoms with Gasteiger partial charge in [0, 0.05) is 544 Å². The third-order valence-electron chi connectivity index (χ3n) is 6.45. The van der Waals surface area contributed by atoms with Crippen molar-refractivity contribution in [2.24, 2.45) is 0 Å². The Morgan fingerprint density at radius 1 is 0.0755 bits per heavy atom. The van der Waals surface area contributed by atoms with Crippen molar-refractivity contribution in [3.05, 3.63) is 597 Å². The third-order valence-corrected chi connectivity index (χ3v) is 6.55. The summed E-state index contributed by atoms with van der Waals surface area (Å²) in [5.41, 5.74) is 257. The van der Waals surface area contributed by atoms with Crippen LogP contribution in [-0.2, 0) is 0 Å². The molecule has 0 radical (unpaired) electrons. The van der Waals surface area contributed by atoms with Crippen molar-refractivity contribution in [2.45, 2.75) is 0 Å². The highest BCUT2D eigenvalue weighted by Gasteiger charge is 1.51. The first-order chi connectivity index (χ1) is 52.9. The van der Waals surface area contributed by atoms with Gasteiger partial charge in [0.05, 0.1) is 0 Å². The second kappa shape index (κ2) is 82.2. The molecule has 0 amide bonds. The van der Waals surface area contributed by atoms with Gasteiger partial charge in [0.25, 0.3) is 0 Å². The van der Waals surface area contributed by atoms with Gasteiger partial charge in [-0.1, -0.05) is 5.73 Å². The maximum atomic E-state index is 4.41. The predicted molar refractivity (Wildman–Crippen MR) is 380 cm³/mol. The van der Waals surface area contributed by atoms with Gasteiger partial charge >= 0.3 is 0 Å². The molecule has 0 fully saturated rings. The number of hydrogen-bond acceptors (Lipinski definition) is 1. The molecule has 1 heteroatoms. The molecule has 0 aromatic rings. The van der Waals surface area contributed by atoms with E-state index in [9.17, 15) is 0 Å². The monoisotopic (exact) mass is 1290 g/mol. The van der Waals surface area contributed by atoms with Gasteiger partial charge in [-0.2, -0.15) is 0 Å². The molecular formula is C105H2S. The smallest absolute Gasteiger partial charge is 0.0148 e. The fraction of sp³-hybridized carbons (Fsp3) is 0. The van der Waals surface area contributed by atoms with Gasteiger partial charge in [-0.3, -0.25) is 0 Å². The standard InChI is InChI=1S/C105H2S/c1-2-3-4-5-6-7-8-9-10-11-12-13-14-15-16-17-18-19-20-21-22-23-24-25-26-27-28-29-30-31-32-33-34-35-36-37-38-39-40-41-42-43-44-45-46-47-48-49-50-51-52-53-54-55-56-57-58-59-60-61-62-63-64-65-66-67-68-69-70-71-72-73-74-75-76-77-78-79-80-81-82-83-84-85-86-87-88-89-90-91-92-93-94-95-96-97-98-99-100-101-102-103-104-105-106/h1H2. The van der Waals surface area contributed by atoms with Crippen molar-refractivity contribution < 1.29 is 0 Å². The van der Waals surface area contributed by atoms with Gasteiger partial charge in [-0.05, 0) is 64.6 Å². The quantitative estimate of drug-likeness (QED) is 0.172. The van der Waals surface area contributed by atoms with Crippen molar-refractivity contribution >= 4 is 17.2 Å². The molecule has 0 aromatic carbocycles. The van der Waals surface area contributed by atoms with Crippen molar-refractivity contribution in [2.75, 3.05) is 0 Å². The van der Waals surface area contributed by atoms with Gasteiger partial charge in [-0.15, -0.1) is 0 Å². The molecule has 0 aliphatic heterocycles. The lowest BCUT2D eigenvalue weighted by atomic mass is 10.6. The van der Waals surface area contributed by atoms with E-state index in [1.54, 1.807) is 0 Å². The first-order valence-corrected chi connectivity index (χ1v) is 26.7. The van der Waals surface area contributed by atoms with E-state index in [0.29, 0.717) is 0 Å². The molecule has 0 rings (SSSR count). The number of hydrogen-bond donors (Lipinski definition) is 0. The highest BCUT2D eigenvalue weighted by atomic mass is 32.1. The van der Waals surface area contributed by atoms with Crippen LogP contribution >= 0.6 is 12.2 Å². The van der Waals surface area contributed by atoms with E-state index in [0.717, 1.165) is 0 Å². The summed E-state index contributed by atoms with van der Waals surface area (Å²) < 4.78 is 0. The Kier molecular flexibility index (Phi) is 64.5. The molecule has 0 aliphatic carbocycles. The Morgan fingerprint density at radius 3 is 0.170 bits per heavy atom. The summed E-state index contributed by atoms with van der Waals surface area (Å²) in [6, 6.07) is 0. The lowest BCUT2D eigenvalue weighted by Crippen LogP contribution is -1.26. The minimum Gasteiger partial charge on any atom is -0.0687 e.